The summed E-state index contributed by atoms with van der Waals surface area (Å²) in [6.07, 6.45) is 2.46. The number of piperidine rings is 1. The SMILES string of the molecule is O=C(c1ccc(-c2nnco2)cc1)N1CCC[C@H](O)C1. The maximum absolute atomic E-state index is 12.3. The summed E-state index contributed by atoms with van der Waals surface area (Å²) in [4.78, 5) is 14.0. The summed E-state index contributed by atoms with van der Waals surface area (Å²) in [5.41, 5.74) is 1.38. The van der Waals surface area contributed by atoms with Crippen LogP contribution in [-0.4, -0.2) is 45.3 Å². The number of aliphatic hydroxyl groups excluding tert-OH is 1. The molecule has 1 aromatic carbocycles. The van der Waals surface area contributed by atoms with Crippen LogP contribution >= 0.6 is 0 Å². The van der Waals surface area contributed by atoms with Gasteiger partial charge in [-0.1, -0.05) is 0 Å². The summed E-state index contributed by atoms with van der Waals surface area (Å²) < 4.78 is 5.10. The first kappa shape index (κ1) is 12.8. The minimum absolute atomic E-state index is 0.0548. The van der Waals surface area contributed by atoms with Crippen molar-refractivity contribution in [2.24, 2.45) is 0 Å². The van der Waals surface area contributed by atoms with Crippen molar-refractivity contribution in [3.05, 3.63) is 36.2 Å². The molecule has 3 rings (SSSR count). The van der Waals surface area contributed by atoms with Crippen molar-refractivity contribution >= 4 is 5.91 Å². The molecule has 0 aliphatic carbocycles. The summed E-state index contributed by atoms with van der Waals surface area (Å²) in [5, 5.41) is 17.1. The summed E-state index contributed by atoms with van der Waals surface area (Å²) in [5.74, 6) is 0.373. The molecule has 1 N–H and O–H groups in total. The normalized spacial score (nSPS) is 19.1. The van der Waals surface area contributed by atoms with Crippen LogP contribution in [0.4, 0.5) is 0 Å². The lowest BCUT2D eigenvalue weighted by Crippen LogP contribution is -2.42. The molecule has 1 aliphatic rings. The number of hydrogen-bond acceptors (Lipinski definition) is 5. The Morgan fingerprint density at radius 1 is 1.35 bits per heavy atom. The molecular weight excluding hydrogens is 258 g/mol. The molecule has 0 unspecified atom stereocenters. The average molecular weight is 273 g/mol. The van der Waals surface area contributed by atoms with Crippen LogP contribution in [0, 0.1) is 0 Å². The van der Waals surface area contributed by atoms with Crippen LogP contribution in [0.5, 0.6) is 0 Å². The smallest absolute Gasteiger partial charge is 0.253 e. The van der Waals surface area contributed by atoms with Crippen LogP contribution < -0.4 is 0 Å². The highest BCUT2D eigenvalue weighted by Crippen LogP contribution is 2.19. The fraction of sp³-hybridized carbons (Fsp3) is 0.357. The maximum Gasteiger partial charge on any atom is 0.253 e. The fourth-order valence-corrected chi connectivity index (χ4v) is 2.38. The van der Waals surface area contributed by atoms with Crippen LogP contribution in [-0.2, 0) is 0 Å². The summed E-state index contributed by atoms with van der Waals surface area (Å²) in [6, 6.07) is 7.04. The summed E-state index contributed by atoms with van der Waals surface area (Å²) in [7, 11) is 0. The van der Waals surface area contributed by atoms with E-state index < -0.39 is 6.10 Å². The van der Waals surface area contributed by atoms with Gasteiger partial charge in [-0.2, -0.15) is 0 Å². The molecule has 0 radical (unpaired) electrons. The van der Waals surface area contributed by atoms with Gasteiger partial charge in [-0.15, -0.1) is 10.2 Å². The lowest BCUT2D eigenvalue weighted by Gasteiger charge is -2.30. The van der Waals surface area contributed by atoms with Gasteiger partial charge in [-0.05, 0) is 37.1 Å². The minimum Gasteiger partial charge on any atom is -0.423 e. The van der Waals surface area contributed by atoms with Crippen molar-refractivity contribution in [2.45, 2.75) is 18.9 Å². The van der Waals surface area contributed by atoms with Gasteiger partial charge >= 0.3 is 0 Å². The average Bonchev–Trinajstić information content (AvgIpc) is 3.01. The second-order valence-corrected chi connectivity index (χ2v) is 4.87. The molecule has 2 aromatic rings. The highest BCUT2D eigenvalue weighted by atomic mass is 16.4. The Balaban J connectivity index is 1.75. The third-order valence-electron chi connectivity index (χ3n) is 3.42. The molecule has 6 heteroatoms. The molecule has 1 amide bonds. The van der Waals surface area contributed by atoms with Crippen molar-refractivity contribution in [3.63, 3.8) is 0 Å². The number of nitrogens with zero attached hydrogens (tertiary/aromatic N) is 3. The molecule has 1 atom stereocenters. The van der Waals surface area contributed by atoms with Crippen LogP contribution in [0.25, 0.3) is 11.5 Å². The third-order valence-corrected chi connectivity index (χ3v) is 3.42. The van der Waals surface area contributed by atoms with Gasteiger partial charge in [0.25, 0.3) is 5.91 Å². The Bertz CT molecular complexity index is 580. The van der Waals surface area contributed by atoms with Crippen molar-refractivity contribution in [1.82, 2.24) is 15.1 Å². The van der Waals surface area contributed by atoms with Crippen molar-refractivity contribution in [2.75, 3.05) is 13.1 Å². The van der Waals surface area contributed by atoms with Crippen molar-refractivity contribution in [3.8, 4) is 11.5 Å². The van der Waals surface area contributed by atoms with E-state index in [9.17, 15) is 9.90 Å². The van der Waals surface area contributed by atoms with Crippen molar-refractivity contribution < 1.29 is 14.3 Å². The predicted octanol–water partition coefficient (Wildman–Crippen LogP) is 1.33. The van der Waals surface area contributed by atoms with Gasteiger partial charge in [0.1, 0.15) is 0 Å². The Labute approximate surface area is 116 Å². The molecule has 104 valence electrons. The lowest BCUT2D eigenvalue weighted by molar-refractivity contribution is 0.0474. The van der Waals surface area contributed by atoms with Crippen molar-refractivity contribution in [1.29, 1.82) is 0 Å². The van der Waals surface area contributed by atoms with E-state index in [0.717, 1.165) is 18.4 Å². The van der Waals surface area contributed by atoms with Crippen LogP contribution in [0.2, 0.25) is 0 Å². The number of β-amino-alcohol motifs (C(OH)–C–C–N with tert-alkyl or cyclic N) is 1. The third kappa shape index (κ3) is 2.55. The molecule has 1 fully saturated rings. The Kier molecular flexibility index (Phi) is 3.47. The monoisotopic (exact) mass is 273 g/mol. The second-order valence-electron chi connectivity index (χ2n) is 4.87. The molecule has 1 saturated heterocycles. The number of aromatic nitrogens is 2. The number of hydrogen-bond donors (Lipinski definition) is 1. The van der Waals surface area contributed by atoms with E-state index >= 15 is 0 Å². The zero-order chi connectivity index (χ0) is 13.9. The zero-order valence-electron chi connectivity index (χ0n) is 10.9. The Morgan fingerprint density at radius 2 is 2.15 bits per heavy atom. The van der Waals surface area contributed by atoms with E-state index in [1.54, 1.807) is 29.2 Å². The van der Waals surface area contributed by atoms with Crippen LogP contribution in [0.1, 0.15) is 23.2 Å². The zero-order valence-corrected chi connectivity index (χ0v) is 10.9. The van der Waals surface area contributed by atoms with Gasteiger partial charge < -0.3 is 14.4 Å². The molecule has 2 heterocycles. The maximum atomic E-state index is 12.3. The fourth-order valence-electron chi connectivity index (χ4n) is 2.38. The predicted molar refractivity (Wildman–Crippen MR) is 70.9 cm³/mol. The standard InChI is InChI=1S/C14H15N3O3/c18-12-2-1-7-17(8-12)14(19)11-5-3-10(4-6-11)13-16-15-9-20-13/h3-6,9,12,18H,1-2,7-8H2/t12-/m0/s1. The Hall–Kier alpha value is -2.21. The summed E-state index contributed by atoms with van der Waals surface area (Å²) >= 11 is 0. The summed E-state index contributed by atoms with van der Waals surface area (Å²) in [6.45, 7) is 1.10. The molecule has 0 spiro atoms. The number of likely N-dealkylation sites (tertiary alicyclic amines) is 1. The number of aliphatic hydroxyl groups is 1. The lowest BCUT2D eigenvalue weighted by atomic mass is 10.1. The molecule has 6 nitrogen and oxygen atoms in total. The number of carbonyl (C=O) groups excluding carboxylic acids is 1. The highest BCUT2D eigenvalue weighted by molar-refractivity contribution is 5.94. The number of rotatable bonds is 2. The molecule has 1 aliphatic heterocycles. The first-order valence-corrected chi connectivity index (χ1v) is 6.58. The minimum atomic E-state index is -0.412. The topological polar surface area (TPSA) is 79.5 Å². The van der Waals surface area contributed by atoms with E-state index in [4.69, 9.17) is 4.42 Å². The molecular formula is C14H15N3O3. The molecule has 0 saturated carbocycles. The van der Waals surface area contributed by atoms with Gasteiger partial charge in [0.15, 0.2) is 0 Å². The van der Waals surface area contributed by atoms with Crippen LogP contribution in [0.15, 0.2) is 35.1 Å². The number of benzene rings is 1. The van der Waals surface area contributed by atoms with Gasteiger partial charge in [-0.3, -0.25) is 4.79 Å². The van der Waals surface area contributed by atoms with Gasteiger partial charge in [0.05, 0.1) is 6.10 Å². The van der Waals surface area contributed by atoms with E-state index in [1.165, 1.54) is 6.39 Å². The molecule has 20 heavy (non-hydrogen) atoms. The van der Waals surface area contributed by atoms with Gasteiger partial charge in [-0.25, -0.2) is 0 Å². The number of carbonyl (C=O) groups is 1. The number of amides is 1. The van der Waals surface area contributed by atoms with Crippen LogP contribution in [0.3, 0.4) is 0 Å². The second kappa shape index (κ2) is 5.42. The largest absolute Gasteiger partial charge is 0.423 e. The van der Waals surface area contributed by atoms with E-state index in [1.807, 2.05) is 0 Å². The first-order chi connectivity index (χ1) is 9.74. The van der Waals surface area contributed by atoms with E-state index in [2.05, 4.69) is 10.2 Å². The first-order valence-electron chi connectivity index (χ1n) is 6.58. The Morgan fingerprint density at radius 3 is 2.80 bits per heavy atom. The van der Waals surface area contributed by atoms with E-state index in [0.29, 0.717) is 24.5 Å². The quantitative estimate of drug-likeness (QED) is 0.893. The van der Waals surface area contributed by atoms with Gasteiger partial charge in [0, 0.05) is 24.2 Å². The molecule has 0 bridgehead atoms. The van der Waals surface area contributed by atoms with Gasteiger partial charge in [0.2, 0.25) is 12.3 Å². The van der Waals surface area contributed by atoms with E-state index in [-0.39, 0.29) is 5.91 Å². The highest BCUT2D eigenvalue weighted by Gasteiger charge is 2.23. The molecule has 1 aromatic heterocycles.